The Kier molecular flexibility index (Phi) is 5.29. The lowest BCUT2D eigenvalue weighted by Gasteiger charge is -2.36. The number of hydrogen-bond acceptors (Lipinski definition) is 2. The van der Waals surface area contributed by atoms with Gasteiger partial charge in [0, 0.05) is 33.2 Å². The third kappa shape index (κ3) is 3.34. The Morgan fingerprint density at radius 3 is 1.76 bits per heavy atom. The first-order valence-corrected chi connectivity index (χ1v) is 11.4. The molecule has 0 aliphatic rings. The minimum absolute atomic E-state index is 0.205. The Balaban J connectivity index is 1.97. The summed E-state index contributed by atoms with van der Waals surface area (Å²) in [6, 6.07) is 27.0. The van der Waals surface area contributed by atoms with Gasteiger partial charge >= 0.3 is 5.97 Å². The van der Waals surface area contributed by atoms with Crippen LogP contribution in [-0.2, 0) is 14.9 Å². The number of esters is 1. The average molecular weight is 437 g/mol. The molecule has 2 aromatic heterocycles. The van der Waals surface area contributed by atoms with Gasteiger partial charge in [-0.2, -0.15) is 0 Å². The summed E-state index contributed by atoms with van der Waals surface area (Å²) in [5.41, 5.74) is 6.79. The Morgan fingerprint density at radius 1 is 0.758 bits per heavy atom. The first-order valence-electron chi connectivity index (χ1n) is 11.4. The number of rotatable bonds is 6. The molecule has 5 rings (SSSR count). The molecule has 0 bridgehead atoms. The number of benzene rings is 3. The van der Waals surface area contributed by atoms with Gasteiger partial charge in [-0.15, -0.1) is 0 Å². The topological polar surface area (TPSA) is 57.9 Å². The number of nitrogens with one attached hydrogen (secondary N) is 2. The number of hydrogen-bond donors (Lipinski definition) is 2. The van der Waals surface area contributed by atoms with E-state index in [-0.39, 0.29) is 12.4 Å². The van der Waals surface area contributed by atoms with Crippen LogP contribution < -0.4 is 0 Å². The molecular weight excluding hydrogens is 408 g/mol. The second-order valence-corrected chi connectivity index (χ2v) is 8.59. The van der Waals surface area contributed by atoms with Crippen LogP contribution in [0.1, 0.15) is 41.4 Å². The fraction of sp³-hybridized carbons (Fsp3) is 0.207. The van der Waals surface area contributed by atoms with Crippen molar-refractivity contribution in [1.82, 2.24) is 9.97 Å². The highest BCUT2D eigenvalue weighted by Gasteiger charge is 2.44. The molecule has 2 heterocycles. The lowest BCUT2D eigenvalue weighted by Crippen LogP contribution is -2.34. The van der Waals surface area contributed by atoms with Crippen LogP contribution in [0.25, 0.3) is 21.8 Å². The number of para-hydroxylation sites is 2. The molecule has 0 aliphatic carbocycles. The molecule has 33 heavy (non-hydrogen) atoms. The van der Waals surface area contributed by atoms with E-state index in [0.29, 0.717) is 6.61 Å². The van der Waals surface area contributed by atoms with Crippen LogP contribution in [0.15, 0.2) is 78.9 Å². The molecular formula is C29H28N2O2. The molecule has 0 radical (unpaired) electrons. The molecule has 4 heteroatoms. The number of aromatic amines is 2. The maximum atomic E-state index is 13.3. The van der Waals surface area contributed by atoms with Crippen LogP contribution in [-0.4, -0.2) is 22.5 Å². The molecule has 0 amide bonds. The van der Waals surface area contributed by atoms with Crippen molar-refractivity contribution in [3.63, 3.8) is 0 Å². The molecule has 0 saturated heterocycles. The normalized spacial score (nSPS) is 11.8. The number of fused-ring (bicyclic) bond motifs is 2. The summed E-state index contributed by atoms with van der Waals surface area (Å²) in [4.78, 5) is 20.4. The summed E-state index contributed by atoms with van der Waals surface area (Å²) in [7, 11) is 0. The van der Waals surface area contributed by atoms with Crippen LogP contribution in [0, 0.1) is 13.8 Å². The second-order valence-electron chi connectivity index (χ2n) is 8.59. The van der Waals surface area contributed by atoms with Gasteiger partial charge in [-0.1, -0.05) is 66.7 Å². The van der Waals surface area contributed by atoms with Gasteiger partial charge in [0.2, 0.25) is 0 Å². The quantitative estimate of drug-likeness (QED) is 0.296. The maximum absolute atomic E-state index is 13.3. The fourth-order valence-corrected chi connectivity index (χ4v) is 5.50. The highest BCUT2D eigenvalue weighted by Crippen LogP contribution is 2.50. The predicted octanol–water partition coefficient (Wildman–Crippen LogP) is 6.55. The highest BCUT2D eigenvalue weighted by atomic mass is 16.5. The molecule has 0 unspecified atom stereocenters. The minimum atomic E-state index is -0.735. The first kappa shape index (κ1) is 21.1. The van der Waals surface area contributed by atoms with Crippen molar-refractivity contribution in [3.05, 3.63) is 107 Å². The molecule has 0 aliphatic heterocycles. The number of carbonyl (C=O) groups excluding carboxylic acids is 1. The summed E-state index contributed by atoms with van der Waals surface area (Å²) in [5.74, 6) is -0.212. The van der Waals surface area contributed by atoms with Gasteiger partial charge in [0.05, 0.1) is 18.4 Å². The Morgan fingerprint density at radius 2 is 1.24 bits per heavy atom. The van der Waals surface area contributed by atoms with Gasteiger partial charge in [-0.3, -0.25) is 4.79 Å². The van der Waals surface area contributed by atoms with Crippen molar-refractivity contribution >= 4 is 27.8 Å². The second kappa shape index (κ2) is 8.28. The van der Waals surface area contributed by atoms with E-state index in [1.165, 1.54) is 0 Å². The van der Waals surface area contributed by atoms with Crippen LogP contribution in [0.4, 0.5) is 0 Å². The zero-order valence-electron chi connectivity index (χ0n) is 19.2. The standard InChI is InChI=1S/C29H28N2O2/c1-4-33-26(32)18-29(21-12-6-5-7-13-21,27-19(2)30-24-16-10-8-14-22(24)27)28-20(3)31-25-17-11-9-15-23(25)28/h5-17,30-31H,4,18H2,1-3H3. The van der Waals surface area contributed by atoms with Crippen molar-refractivity contribution in [2.45, 2.75) is 32.6 Å². The smallest absolute Gasteiger partial charge is 0.307 e. The molecule has 5 aromatic rings. The fourth-order valence-electron chi connectivity index (χ4n) is 5.50. The molecule has 2 N–H and O–H groups in total. The molecule has 0 spiro atoms. The lowest BCUT2D eigenvalue weighted by atomic mass is 9.65. The van der Waals surface area contributed by atoms with Crippen molar-refractivity contribution < 1.29 is 9.53 Å². The Bertz CT molecular complexity index is 1360. The van der Waals surface area contributed by atoms with Gasteiger partial charge in [0.1, 0.15) is 0 Å². The number of H-pyrrole nitrogens is 2. The Labute approximate surface area is 193 Å². The van der Waals surface area contributed by atoms with Gasteiger partial charge in [0.15, 0.2) is 0 Å². The SMILES string of the molecule is CCOC(=O)CC(c1ccccc1)(c1c(C)[nH]c2ccccc12)c1c(C)[nH]c2ccccc12. The lowest BCUT2D eigenvalue weighted by molar-refractivity contribution is -0.144. The van der Waals surface area contributed by atoms with Gasteiger partial charge < -0.3 is 14.7 Å². The van der Waals surface area contributed by atoms with E-state index in [2.05, 4.69) is 72.3 Å². The minimum Gasteiger partial charge on any atom is -0.466 e. The van der Waals surface area contributed by atoms with Crippen LogP contribution >= 0.6 is 0 Å². The number of ether oxygens (including phenoxy) is 1. The van der Waals surface area contributed by atoms with Crippen LogP contribution in [0.5, 0.6) is 0 Å². The maximum Gasteiger partial charge on any atom is 0.307 e. The molecule has 0 fully saturated rings. The highest BCUT2D eigenvalue weighted by molar-refractivity contribution is 5.94. The molecule has 0 atom stereocenters. The largest absolute Gasteiger partial charge is 0.466 e. The van der Waals surface area contributed by atoms with Gasteiger partial charge in [-0.05, 0) is 49.6 Å². The molecule has 4 nitrogen and oxygen atoms in total. The molecule has 0 saturated carbocycles. The van der Waals surface area contributed by atoms with Gasteiger partial charge in [0.25, 0.3) is 0 Å². The van der Waals surface area contributed by atoms with Crippen LogP contribution in [0.3, 0.4) is 0 Å². The van der Waals surface area contributed by atoms with E-state index >= 15 is 0 Å². The molecule has 3 aromatic carbocycles. The van der Waals surface area contributed by atoms with Crippen molar-refractivity contribution in [2.24, 2.45) is 0 Å². The summed E-state index contributed by atoms with van der Waals surface area (Å²) < 4.78 is 5.56. The molecule has 166 valence electrons. The first-order chi connectivity index (χ1) is 16.1. The summed E-state index contributed by atoms with van der Waals surface area (Å²) >= 11 is 0. The van der Waals surface area contributed by atoms with Crippen molar-refractivity contribution in [2.75, 3.05) is 6.61 Å². The van der Waals surface area contributed by atoms with E-state index in [1.54, 1.807) is 0 Å². The van der Waals surface area contributed by atoms with E-state index in [4.69, 9.17) is 4.74 Å². The van der Waals surface area contributed by atoms with E-state index < -0.39 is 5.41 Å². The Hall–Kier alpha value is -3.79. The number of carbonyl (C=O) groups is 1. The van der Waals surface area contributed by atoms with Crippen molar-refractivity contribution in [3.8, 4) is 0 Å². The van der Waals surface area contributed by atoms with E-state index in [0.717, 1.165) is 49.9 Å². The third-order valence-electron chi connectivity index (χ3n) is 6.62. The van der Waals surface area contributed by atoms with E-state index in [9.17, 15) is 4.79 Å². The predicted molar refractivity (Wildman–Crippen MR) is 134 cm³/mol. The summed E-state index contributed by atoms with van der Waals surface area (Å²) in [6.07, 6.45) is 0.205. The van der Waals surface area contributed by atoms with Crippen molar-refractivity contribution in [1.29, 1.82) is 0 Å². The summed E-state index contributed by atoms with van der Waals surface area (Å²) in [6.45, 7) is 6.41. The number of aromatic nitrogens is 2. The van der Waals surface area contributed by atoms with Gasteiger partial charge in [-0.25, -0.2) is 0 Å². The van der Waals surface area contributed by atoms with Crippen LogP contribution in [0.2, 0.25) is 0 Å². The summed E-state index contributed by atoms with van der Waals surface area (Å²) in [5, 5.41) is 2.24. The average Bonchev–Trinajstić information content (AvgIpc) is 3.34. The third-order valence-corrected chi connectivity index (χ3v) is 6.62. The number of aryl methyl sites for hydroxylation is 2. The monoisotopic (exact) mass is 436 g/mol. The zero-order valence-corrected chi connectivity index (χ0v) is 19.2. The van der Waals surface area contributed by atoms with E-state index in [1.807, 2.05) is 37.3 Å². The zero-order chi connectivity index (χ0) is 23.0.